The number of benzene rings is 3. The van der Waals surface area contributed by atoms with E-state index in [1.165, 1.54) is 17.1 Å². The molecule has 9 nitrogen and oxygen atoms in total. The highest BCUT2D eigenvalue weighted by Gasteiger charge is 2.34. The lowest BCUT2D eigenvalue weighted by atomic mass is 10.1. The van der Waals surface area contributed by atoms with Crippen molar-refractivity contribution in [3.8, 4) is 11.4 Å². The third-order valence-electron chi connectivity index (χ3n) is 6.73. The number of halogens is 4. The summed E-state index contributed by atoms with van der Waals surface area (Å²) >= 11 is 0. The Balaban J connectivity index is 1.23. The summed E-state index contributed by atoms with van der Waals surface area (Å²) in [7, 11) is 1.57. The molecule has 1 fully saturated rings. The first-order chi connectivity index (χ1) is 20.6. The summed E-state index contributed by atoms with van der Waals surface area (Å²) < 4.78 is 64.9. The van der Waals surface area contributed by atoms with E-state index < -0.39 is 29.9 Å². The van der Waals surface area contributed by atoms with Crippen molar-refractivity contribution in [3.63, 3.8) is 0 Å². The molecule has 0 aliphatic carbocycles. The number of carbonyl (C=O) groups excluding carboxylic acids is 2. The molecule has 3 aromatic carbocycles. The molecule has 43 heavy (non-hydrogen) atoms. The van der Waals surface area contributed by atoms with Gasteiger partial charge in [0.15, 0.2) is 0 Å². The molecule has 0 saturated carbocycles. The molecule has 1 saturated heterocycles. The smallest absolute Gasteiger partial charge is 0.419 e. The Labute approximate surface area is 244 Å². The molecule has 5 rings (SSSR count). The van der Waals surface area contributed by atoms with Crippen molar-refractivity contribution in [2.75, 3.05) is 48.9 Å². The fraction of sp³-hybridized carbons (Fsp3) is 0.233. The van der Waals surface area contributed by atoms with Crippen molar-refractivity contribution in [2.24, 2.45) is 0 Å². The Morgan fingerprint density at radius 2 is 1.79 bits per heavy atom. The van der Waals surface area contributed by atoms with Crippen LogP contribution in [-0.4, -0.2) is 55.0 Å². The Morgan fingerprint density at radius 3 is 2.53 bits per heavy atom. The Kier molecular flexibility index (Phi) is 8.62. The molecule has 4 aromatic rings. The van der Waals surface area contributed by atoms with Crippen LogP contribution in [0.3, 0.4) is 0 Å². The minimum Gasteiger partial charge on any atom is -0.495 e. The number of morpholine rings is 1. The van der Waals surface area contributed by atoms with Gasteiger partial charge in [-0.25, -0.2) is 9.07 Å². The number of amides is 2. The number of alkyl halides is 3. The number of rotatable bonds is 8. The van der Waals surface area contributed by atoms with Crippen LogP contribution in [0.2, 0.25) is 0 Å². The van der Waals surface area contributed by atoms with Crippen LogP contribution in [0.4, 0.5) is 34.6 Å². The molecule has 2 N–H and O–H groups in total. The normalized spacial score (nSPS) is 13.5. The van der Waals surface area contributed by atoms with E-state index >= 15 is 0 Å². The molecule has 0 atom stereocenters. The fourth-order valence-corrected chi connectivity index (χ4v) is 4.63. The van der Waals surface area contributed by atoms with Gasteiger partial charge in [0.25, 0.3) is 5.91 Å². The molecule has 2 amide bonds. The fourth-order valence-electron chi connectivity index (χ4n) is 4.63. The number of nitrogens with one attached hydrogen (secondary N) is 2. The average Bonchev–Trinajstić information content (AvgIpc) is 3.46. The van der Waals surface area contributed by atoms with Crippen LogP contribution in [0.1, 0.15) is 21.5 Å². The van der Waals surface area contributed by atoms with E-state index in [4.69, 9.17) is 9.47 Å². The molecule has 0 unspecified atom stereocenters. The van der Waals surface area contributed by atoms with Gasteiger partial charge < -0.3 is 25.0 Å². The van der Waals surface area contributed by atoms with E-state index in [0.29, 0.717) is 48.0 Å². The van der Waals surface area contributed by atoms with Gasteiger partial charge in [-0.2, -0.15) is 18.3 Å². The van der Waals surface area contributed by atoms with Gasteiger partial charge >= 0.3 is 6.18 Å². The van der Waals surface area contributed by atoms with Crippen LogP contribution in [0.25, 0.3) is 5.69 Å². The van der Waals surface area contributed by atoms with E-state index in [2.05, 4.69) is 20.6 Å². The van der Waals surface area contributed by atoms with Crippen LogP contribution in [0.5, 0.6) is 5.75 Å². The molecular formula is C30H27F4N5O4. The number of aromatic nitrogens is 2. The largest absolute Gasteiger partial charge is 0.495 e. The zero-order valence-corrected chi connectivity index (χ0v) is 23.0. The first-order valence-electron chi connectivity index (χ1n) is 13.2. The highest BCUT2D eigenvalue weighted by atomic mass is 19.4. The number of carbonyl (C=O) groups is 2. The Morgan fingerprint density at radius 1 is 1.00 bits per heavy atom. The monoisotopic (exact) mass is 597 g/mol. The van der Waals surface area contributed by atoms with Crippen LogP contribution in [-0.2, 0) is 22.1 Å². The lowest BCUT2D eigenvalue weighted by Crippen LogP contribution is -2.36. The molecule has 0 radical (unpaired) electrons. The number of hydrogen-bond donors (Lipinski definition) is 2. The van der Waals surface area contributed by atoms with Crippen LogP contribution < -0.4 is 20.3 Å². The minimum absolute atomic E-state index is 0.00526. The van der Waals surface area contributed by atoms with E-state index in [0.717, 1.165) is 24.8 Å². The Hall–Kier alpha value is -4.91. The number of anilines is 3. The second kappa shape index (κ2) is 12.5. The Bertz CT molecular complexity index is 1630. The van der Waals surface area contributed by atoms with Crippen molar-refractivity contribution in [2.45, 2.75) is 12.6 Å². The second-order valence-electron chi connectivity index (χ2n) is 9.70. The van der Waals surface area contributed by atoms with Crippen molar-refractivity contribution in [3.05, 3.63) is 95.6 Å². The maximum Gasteiger partial charge on any atom is 0.419 e. The van der Waals surface area contributed by atoms with Gasteiger partial charge in [-0.3, -0.25) is 9.59 Å². The molecule has 1 aliphatic rings. The number of nitrogens with zero attached hydrogens (tertiary/aromatic N) is 3. The van der Waals surface area contributed by atoms with Gasteiger partial charge in [0.2, 0.25) is 5.91 Å². The standard InChI is InChI=1S/C30H27F4N5O4/c1-42-27-16-21(6-8-26(27)38-9-11-43-12-10-38)37-29(41)20-3-2-4-23(15-20)39-18-22(17-35-39)36-28(40)14-19-5-7-25(31)24(13-19)30(32,33)34/h2-8,13,15-18H,9-12,14H2,1H3,(H,36,40)(H,37,41). The minimum atomic E-state index is -4.87. The molecule has 0 spiro atoms. The second-order valence-corrected chi connectivity index (χ2v) is 9.70. The van der Waals surface area contributed by atoms with E-state index in [1.54, 1.807) is 43.5 Å². The maximum absolute atomic E-state index is 13.5. The highest BCUT2D eigenvalue weighted by Crippen LogP contribution is 2.33. The third-order valence-corrected chi connectivity index (χ3v) is 6.73. The SMILES string of the molecule is COc1cc(NC(=O)c2cccc(-n3cc(NC(=O)Cc4ccc(F)c(C(F)(F)F)c4)cn3)c2)ccc1N1CCOCC1. The zero-order chi connectivity index (χ0) is 30.6. The van der Waals surface area contributed by atoms with E-state index in [1.807, 2.05) is 6.07 Å². The van der Waals surface area contributed by atoms with Gasteiger partial charge in [0.1, 0.15) is 11.6 Å². The molecule has 0 bridgehead atoms. The van der Waals surface area contributed by atoms with Crippen molar-refractivity contribution in [1.82, 2.24) is 9.78 Å². The lowest BCUT2D eigenvalue weighted by molar-refractivity contribution is -0.140. The van der Waals surface area contributed by atoms with Gasteiger partial charge in [0, 0.05) is 30.4 Å². The van der Waals surface area contributed by atoms with Crippen LogP contribution in [0.15, 0.2) is 73.1 Å². The summed E-state index contributed by atoms with van der Waals surface area (Å²) in [6, 6.07) is 14.5. The van der Waals surface area contributed by atoms with Gasteiger partial charge in [0.05, 0.1) is 61.8 Å². The highest BCUT2D eigenvalue weighted by molar-refractivity contribution is 6.04. The van der Waals surface area contributed by atoms with E-state index in [-0.39, 0.29) is 17.2 Å². The average molecular weight is 598 g/mol. The van der Waals surface area contributed by atoms with Gasteiger partial charge in [-0.05, 0) is 48.0 Å². The lowest BCUT2D eigenvalue weighted by Gasteiger charge is -2.30. The first kappa shape index (κ1) is 29.6. The van der Waals surface area contributed by atoms with Crippen LogP contribution in [0, 0.1) is 5.82 Å². The molecule has 1 aromatic heterocycles. The zero-order valence-electron chi connectivity index (χ0n) is 23.0. The first-order valence-corrected chi connectivity index (χ1v) is 13.2. The summed E-state index contributed by atoms with van der Waals surface area (Å²) in [6.07, 6.45) is -2.42. The topological polar surface area (TPSA) is 97.7 Å². The molecule has 13 heteroatoms. The predicted molar refractivity (Wildman–Crippen MR) is 151 cm³/mol. The van der Waals surface area contributed by atoms with Crippen LogP contribution >= 0.6 is 0 Å². The van der Waals surface area contributed by atoms with Crippen molar-refractivity contribution in [1.29, 1.82) is 0 Å². The van der Waals surface area contributed by atoms with Crippen molar-refractivity contribution >= 4 is 28.9 Å². The van der Waals surface area contributed by atoms with E-state index in [9.17, 15) is 27.2 Å². The summed E-state index contributed by atoms with van der Waals surface area (Å²) in [5.41, 5.74) is 1.20. The molecular weight excluding hydrogens is 570 g/mol. The molecule has 1 aliphatic heterocycles. The summed E-state index contributed by atoms with van der Waals surface area (Å²) in [4.78, 5) is 27.7. The number of methoxy groups -OCH3 is 1. The van der Waals surface area contributed by atoms with Crippen molar-refractivity contribution < 1.29 is 36.6 Å². The number of ether oxygens (including phenoxy) is 2. The van der Waals surface area contributed by atoms with Gasteiger partial charge in [-0.1, -0.05) is 12.1 Å². The quantitative estimate of drug-likeness (QED) is 0.268. The molecule has 224 valence electrons. The predicted octanol–water partition coefficient (Wildman–Crippen LogP) is 5.31. The maximum atomic E-state index is 13.5. The summed E-state index contributed by atoms with van der Waals surface area (Å²) in [5.74, 6) is -1.75. The number of hydrogen-bond acceptors (Lipinski definition) is 6. The molecule has 2 heterocycles. The van der Waals surface area contributed by atoms with Gasteiger partial charge in [-0.15, -0.1) is 0 Å². The summed E-state index contributed by atoms with van der Waals surface area (Å²) in [5, 5.41) is 9.64. The summed E-state index contributed by atoms with van der Waals surface area (Å²) in [6.45, 7) is 2.74. The third kappa shape index (κ3) is 7.12.